The molecule has 0 aromatic heterocycles. The van der Waals surface area contributed by atoms with Gasteiger partial charge >= 0.3 is 12.1 Å². The highest BCUT2D eigenvalue weighted by molar-refractivity contribution is 5.94. The molecule has 3 atom stereocenters. The third kappa shape index (κ3) is 12.6. The maximum Gasteiger partial charge on any atom is 0.408 e. The molecule has 45 heavy (non-hydrogen) atoms. The van der Waals surface area contributed by atoms with Gasteiger partial charge in [0, 0.05) is 19.9 Å². The van der Waals surface area contributed by atoms with Crippen molar-refractivity contribution in [3.05, 3.63) is 71.3 Å². The summed E-state index contributed by atoms with van der Waals surface area (Å²) >= 11 is 0. The fourth-order valence-corrected chi connectivity index (χ4v) is 4.52. The van der Waals surface area contributed by atoms with Gasteiger partial charge in [-0.25, -0.2) is 9.59 Å². The first kappa shape index (κ1) is 36.8. The molecule has 2 rings (SSSR count). The molecule has 0 saturated carbocycles. The Morgan fingerprint density at radius 2 is 1.38 bits per heavy atom. The second-order valence-electron chi connectivity index (χ2n) is 12.9. The van der Waals surface area contributed by atoms with Crippen LogP contribution < -0.4 is 16.4 Å². The lowest BCUT2D eigenvalue weighted by Crippen LogP contribution is -2.54. The lowest BCUT2D eigenvalue weighted by atomic mass is 9.99. The fourth-order valence-electron chi connectivity index (χ4n) is 4.52. The zero-order valence-corrected chi connectivity index (χ0v) is 27.6. The quantitative estimate of drug-likeness (QED) is 0.285. The van der Waals surface area contributed by atoms with Crippen molar-refractivity contribution in [3.8, 4) is 0 Å². The van der Waals surface area contributed by atoms with Gasteiger partial charge in [-0.15, -0.1) is 0 Å². The fraction of sp³-hybridized carbons (Fsp3) is 0.500. The molecule has 4 amide bonds. The van der Waals surface area contributed by atoms with E-state index in [0.29, 0.717) is 5.56 Å². The van der Waals surface area contributed by atoms with Gasteiger partial charge in [0.25, 0.3) is 0 Å². The van der Waals surface area contributed by atoms with Crippen molar-refractivity contribution in [2.45, 2.75) is 103 Å². The number of benzene rings is 2. The van der Waals surface area contributed by atoms with E-state index >= 15 is 0 Å². The van der Waals surface area contributed by atoms with Crippen LogP contribution in [0.1, 0.15) is 84.0 Å². The average molecular weight is 625 g/mol. The molecule has 0 radical (unpaired) electrons. The number of esters is 1. The Balaban J connectivity index is 2.49. The van der Waals surface area contributed by atoms with Gasteiger partial charge in [-0.3, -0.25) is 14.4 Å². The summed E-state index contributed by atoms with van der Waals surface area (Å²) in [7, 11) is 1.42. The van der Waals surface area contributed by atoms with Crippen LogP contribution in [0.5, 0.6) is 0 Å². The van der Waals surface area contributed by atoms with E-state index in [0.717, 1.165) is 17.5 Å². The lowest BCUT2D eigenvalue weighted by Gasteiger charge is -2.33. The molecule has 11 nitrogen and oxygen atoms in total. The van der Waals surface area contributed by atoms with Crippen molar-refractivity contribution in [2.24, 2.45) is 5.73 Å². The third-order valence-corrected chi connectivity index (χ3v) is 6.65. The summed E-state index contributed by atoms with van der Waals surface area (Å²) in [5, 5.41) is 5.34. The number of carbonyl (C=O) groups is 5. The third-order valence-electron chi connectivity index (χ3n) is 6.65. The van der Waals surface area contributed by atoms with E-state index in [-0.39, 0.29) is 19.3 Å². The van der Waals surface area contributed by atoms with Crippen molar-refractivity contribution < 1.29 is 33.4 Å². The Morgan fingerprint density at radius 3 is 1.89 bits per heavy atom. The molecule has 0 saturated heterocycles. The molecule has 0 heterocycles. The highest BCUT2D eigenvalue weighted by atomic mass is 16.6. The maximum absolute atomic E-state index is 14.1. The minimum atomic E-state index is -1.23. The van der Waals surface area contributed by atoms with Gasteiger partial charge in [-0.1, -0.05) is 61.5 Å². The number of hydrogen-bond acceptors (Lipinski definition) is 7. The summed E-state index contributed by atoms with van der Waals surface area (Å²) in [6, 6.07) is 12.9. The van der Waals surface area contributed by atoms with E-state index in [1.807, 2.05) is 49.4 Å². The van der Waals surface area contributed by atoms with Gasteiger partial charge in [0.2, 0.25) is 17.7 Å². The largest absolute Gasteiger partial charge is 0.458 e. The first-order valence-electron chi connectivity index (χ1n) is 15.1. The number of nitrogens with zero attached hydrogens (tertiary/aromatic N) is 1. The minimum Gasteiger partial charge on any atom is -0.458 e. The Morgan fingerprint density at radius 1 is 0.800 bits per heavy atom. The van der Waals surface area contributed by atoms with Crippen LogP contribution in [0.25, 0.3) is 0 Å². The number of nitrogens with two attached hydrogens (primary N) is 1. The molecule has 4 N–H and O–H groups in total. The second-order valence-corrected chi connectivity index (χ2v) is 12.9. The smallest absolute Gasteiger partial charge is 0.408 e. The molecule has 0 fully saturated rings. The van der Waals surface area contributed by atoms with Gasteiger partial charge in [0.1, 0.15) is 29.3 Å². The van der Waals surface area contributed by atoms with Crippen LogP contribution in [0.15, 0.2) is 54.6 Å². The predicted molar refractivity (Wildman–Crippen MR) is 171 cm³/mol. The van der Waals surface area contributed by atoms with E-state index in [1.54, 1.807) is 53.7 Å². The highest BCUT2D eigenvalue weighted by Crippen LogP contribution is 2.24. The Labute approximate surface area is 266 Å². The van der Waals surface area contributed by atoms with Crippen LogP contribution in [-0.2, 0) is 41.5 Å². The van der Waals surface area contributed by atoms with Crippen LogP contribution in [-0.4, -0.2) is 65.0 Å². The molecule has 11 heteroatoms. The highest BCUT2D eigenvalue weighted by Gasteiger charge is 2.36. The maximum atomic E-state index is 14.1. The SMILES string of the molecule is CCc1ccc(C(C(=O)NC(Cc2ccccc2)C(=O)OC(C)(C)C)N(C)C(=O)C(CCC(N)=O)NC(=O)OC(C)(C)C)cc1. The summed E-state index contributed by atoms with van der Waals surface area (Å²) < 4.78 is 11.0. The van der Waals surface area contributed by atoms with E-state index in [2.05, 4.69) is 10.6 Å². The van der Waals surface area contributed by atoms with Crippen molar-refractivity contribution in [1.82, 2.24) is 15.5 Å². The second kappa shape index (κ2) is 16.1. The van der Waals surface area contributed by atoms with Gasteiger partial charge in [-0.05, 0) is 71.1 Å². The molecule has 2 aromatic carbocycles. The summed E-state index contributed by atoms with van der Waals surface area (Å²) in [4.78, 5) is 66.8. The molecule has 0 aliphatic carbocycles. The molecule has 0 spiro atoms. The normalized spacial score (nSPS) is 13.5. The number of rotatable bonds is 13. The Bertz CT molecular complexity index is 1310. The van der Waals surface area contributed by atoms with Crippen molar-refractivity contribution >= 4 is 29.8 Å². The van der Waals surface area contributed by atoms with Gasteiger partial charge in [0.05, 0.1) is 0 Å². The number of aryl methyl sites for hydroxylation is 1. The summed E-state index contributed by atoms with van der Waals surface area (Å²) in [5.74, 6) is -2.57. The number of likely N-dealkylation sites (N-methyl/N-ethyl adjacent to an activating group) is 1. The van der Waals surface area contributed by atoms with Crippen LogP contribution in [0, 0.1) is 0 Å². The number of carbonyl (C=O) groups excluding carboxylic acids is 5. The molecular formula is C34H48N4O7. The standard InChI is InChI=1S/C34H48N4O7/c1-9-22-15-17-24(18-16-22)28(38(8)30(41)25(19-20-27(35)39)37-32(43)45-34(5,6)7)29(40)36-26(31(42)44-33(2,3)4)21-23-13-11-10-12-14-23/h10-18,25-26,28H,9,19-21H2,1-8H3,(H2,35,39)(H,36,40)(H,37,43). The van der Waals surface area contributed by atoms with Crippen molar-refractivity contribution in [1.29, 1.82) is 0 Å². The van der Waals surface area contributed by atoms with Crippen molar-refractivity contribution in [3.63, 3.8) is 0 Å². The topological polar surface area (TPSA) is 157 Å². The first-order chi connectivity index (χ1) is 20.9. The first-order valence-corrected chi connectivity index (χ1v) is 15.1. The Kier molecular flexibility index (Phi) is 13.1. The molecule has 0 aliphatic heterocycles. The Hall–Kier alpha value is -4.41. The molecule has 0 bridgehead atoms. The minimum absolute atomic E-state index is 0.116. The van der Waals surface area contributed by atoms with Gasteiger partial charge < -0.3 is 30.7 Å². The van der Waals surface area contributed by atoms with Crippen LogP contribution >= 0.6 is 0 Å². The van der Waals surface area contributed by atoms with E-state index in [9.17, 15) is 24.0 Å². The van der Waals surface area contributed by atoms with E-state index in [1.165, 1.54) is 11.9 Å². The monoisotopic (exact) mass is 624 g/mol. The molecule has 3 unspecified atom stereocenters. The van der Waals surface area contributed by atoms with Crippen LogP contribution in [0.2, 0.25) is 0 Å². The molecule has 0 aliphatic rings. The average Bonchev–Trinajstić information content (AvgIpc) is 2.93. The zero-order chi connectivity index (χ0) is 33.9. The predicted octanol–water partition coefficient (Wildman–Crippen LogP) is 3.98. The van der Waals surface area contributed by atoms with Gasteiger partial charge in [0.15, 0.2) is 0 Å². The molecule has 2 aromatic rings. The summed E-state index contributed by atoms with van der Waals surface area (Å²) in [6.07, 6.45) is -0.254. The van der Waals surface area contributed by atoms with Crippen LogP contribution in [0.3, 0.4) is 0 Å². The summed E-state index contributed by atoms with van der Waals surface area (Å²) in [5.41, 5.74) is 6.01. The van der Waals surface area contributed by atoms with E-state index in [4.69, 9.17) is 15.2 Å². The number of nitrogens with one attached hydrogen (secondary N) is 2. The van der Waals surface area contributed by atoms with Crippen molar-refractivity contribution in [2.75, 3.05) is 7.05 Å². The van der Waals surface area contributed by atoms with E-state index < -0.39 is 59.1 Å². The molecular weight excluding hydrogens is 576 g/mol. The number of amides is 4. The number of primary amides is 1. The number of alkyl carbamates (subject to hydrolysis) is 1. The number of ether oxygens (including phenoxy) is 2. The van der Waals surface area contributed by atoms with Crippen LogP contribution in [0.4, 0.5) is 4.79 Å². The lowest BCUT2D eigenvalue weighted by molar-refractivity contribution is -0.159. The van der Waals surface area contributed by atoms with Gasteiger partial charge in [-0.2, -0.15) is 0 Å². The summed E-state index contributed by atoms with van der Waals surface area (Å²) in [6.45, 7) is 12.2. The number of hydrogen-bond donors (Lipinski definition) is 3. The molecule has 246 valence electrons. The zero-order valence-electron chi connectivity index (χ0n) is 27.6.